The van der Waals surface area contributed by atoms with Crippen LogP contribution < -0.4 is 5.32 Å². The molecule has 4 fully saturated rings. The summed E-state index contributed by atoms with van der Waals surface area (Å²) in [5.74, 6) is 3.10. The first kappa shape index (κ1) is 11.7. The summed E-state index contributed by atoms with van der Waals surface area (Å²) in [4.78, 5) is 2.92. The molecule has 0 aromatic rings. The van der Waals surface area contributed by atoms with Gasteiger partial charge in [-0.1, -0.05) is 12.8 Å². The average molecular weight is 248 g/mol. The Morgan fingerprint density at radius 1 is 0.833 bits per heavy atom. The van der Waals surface area contributed by atoms with Crippen LogP contribution in [0, 0.1) is 17.8 Å². The third kappa shape index (κ3) is 1.92. The molecule has 1 N–H and O–H groups in total. The van der Waals surface area contributed by atoms with Crippen LogP contribution in [0.2, 0.25) is 0 Å². The van der Waals surface area contributed by atoms with E-state index in [1.165, 1.54) is 71.0 Å². The van der Waals surface area contributed by atoms with Gasteiger partial charge in [0.25, 0.3) is 0 Å². The lowest BCUT2D eigenvalue weighted by atomic mass is 9.68. The van der Waals surface area contributed by atoms with Crippen LogP contribution in [-0.4, -0.2) is 36.6 Å². The lowest BCUT2D eigenvalue weighted by Crippen LogP contribution is -2.49. The molecule has 2 nitrogen and oxygen atoms in total. The number of piperidine rings is 1. The molecule has 2 atom stereocenters. The Morgan fingerprint density at radius 2 is 1.56 bits per heavy atom. The van der Waals surface area contributed by atoms with E-state index in [9.17, 15) is 0 Å². The molecule has 2 heteroatoms. The van der Waals surface area contributed by atoms with E-state index < -0.39 is 0 Å². The Kier molecular flexibility index (Phi) is 3.12. The van der Waals surface area contributed by atoms with Gasteiger partial charge >= 0.3 is 0 Å². The zero-order valence-electron chi connectivity index (χ0n) is 11.6. The number of likely N-dealkylation sites (tertiary alicyclic amines) is 1. The summed E-state index contributed by atoms with van der Waals surface area (Å²) in [6.45, 7) is 4.05. The van der Waals surface area contributed by atoms with Crippen LogP contribution in [-0.2, 0) is 0 Å². The van der Waals surface area contributed by atoms with E-state index in [1.54, 1.807) is 0 Å². The van der Waals surface area contributed by atoms with E-state index in [4.69, 9.17) is 0 Å². The Bertz CT molecular complexity index is 267. The van der Waals surface area contributed by atoms with Crippen molar-refractivity contribution >= 4 is 0 Å². The van der Waals surface area contributed by atoms with Gasteiger partial charge in [0.2, 0.25) is 0 Å². The van der Waals surface area contributed by atoms with Gasteiger partial charge in [-0.25, -0.2) is 0 Å². The number of nitrogens with one attached hydrogen (secondary N) is 1. The van der Waals surface area contributed by atoms with Gasteiger partial charge in [0.1, 0.15) is 0 Å². The Labute approximate surface area is 111 Å². The summed E-state index contributed by atoms with van der Waals surface area (Å²) >= 11 is 0. The maximum Gasteiger partial charge on any atom is 0.0235 e. The lowest BCUT2D eigenvalue weighted by Gasteiger charge is -2.47. The third-order valence-corrected chi connectivity index (χ3v) is 6.31. The van der Waals surface area contributed by atoms with Gasteiger partial charge in [0.15, 0.2) is 0 Å². The van der Waals surface area contributed by atoms with Crippen molar-refractivity contribution in [2.75, 3.05) is 19.6 Å². The van der Waals surface area contributed by atoms with Crippen molar-refractivity contribution in [1.82, 2.24) is 10.2 Å². The first-order valence-electron chi connectivity index (χ1n) is 8.39. The summed E-state index contributed by atoms with van der Waals surface area (Å²) < 4.78 is 0. The van der Waals surface area contributed by atoms with Crippen molar-refractivity contribution in [2.45, 2.75) is 63.5 Å². The van der Waals surface area contributed by atoms with E-state index in [2.05, 4.69) is 10.2 Å². The van der Waals surface area contributed by atoms with Gasteiger partial charge in [-0.05, 0) is 62.8 Å². The van der Waals surface area contributed by atoms with Crippen LogP contribution in [0.15, 0.2) is 0 Å². The molecule has 0 aromatic heterocycles. The van der Waals surface area contributed by atoms with Gasteiger partial charge in [-0.2, -0.15) is 0 Å². The molecule has 0 unspecified atom stereocenters. The van der Waals surface area contributed by atoms with E-state index in [0.717, 1.165) is 29.8 Å². The van der Waals surface area contributed by atoms with E-state index >= 15 is 0 Å². The van der Waals surface area contributed by atoms with Gasteiger partial charge in [-0.3, -0.25) is 4.90 Å². The summed E-state index contributed by atoms with van der Waals surface area (Å²) in [5.41, 5.74) is 0. The molecule has 18 heavy (non-hydrogen) atoms. The first-order valence-corrected chi connectivity index (χ1v) is 8.39. The van der Waals surface area contributed by atoms with Crippen LogP contribution in [0.25, 0.3) is 0 Å². The molecule has 2 aliphatic heterocycles. The molecule has 4 rings (SSSR count). The molecule has 2 aliphatic carbocycles. The molecule has 0 aromatic carbocycles. The summed E-state index contributed by atoms with van der Waals surface area (Å²) in [7, 11) is 0. The largest absolute Gasteiger partial charge is 0.312 e. The quantitative estimate of drug-likeness (QED) is 0.826. The predicted molar refractivity (Wildman–Crippen MR) is 74.6 cm³/mol. The molecule has 0 radical (unpaired) electrons. The van der Waals surface area contributed by atoms with Crippen LogP contribution in [0.5, 0.6) is 0 Å². The number of nitrogens with zero attached hydrogens (tertiary/aromatic N) is 1. The maximum absolute atomic E-state index is 3.77. The minimum absolute atomic E-state index is 0.835. The molecule has 102 valence electrons. The van der Waals surface area contributed by atoms with Crippen LogP contribution >= 0.6 is 0 Å². The summed E-state index contributed by atoms with van der Waals surface area (Å²) in [5, 5.41) is 3.77. The molecular weight excluding hydrogens is 220 g/mol. The fourth-order valence-electron chi connectivity index (χ4n) is 4.87. The SMILES string of the molecule is C1CC(C(C2CCC2)N2C[C@@H]3CCCN[C@@H]3C2)C1. The summed E-state index contributed by atoms with van der Waals surface area (Å²) in [6, 6.07) is 1.81. The number of hydrogen-bond donors (Lipinski definition) is 1. The molecular formula is C16H28N2. The molecule has 2 saturated carbocycles. The minimum atomic E-state index is 0.835. The van der Waals surface area contributed by atoms with Crippen LogP contribution in [0.1, 0.15) is 51.4 Å². The summed E-state index contributed by atoms with van der Waals surface area (Å²) in [6.07, 6.45) is 12.0. The van der Waals surface area contributed by atoms with E-state index in [1.807, 2.05) is 0 Å². The third-order valence-electron chi connectivity index (χ3n) is 6.31. The Morgan fingerprint density at radius 3 is 2.11 bits per heavy atom. The average Bonchev–Trinajstić information content (AvgIpc) is 2.66. The highest BCUT2D eigenvalue weighted by Gasteiger charge is 2.44. The second-order valence-electron chi connectivity index (χ2n) is 7.29. The highest BCUT2D eigenvalue weighted by Crippen LogP contribution is 2.44. The predicted octanol–water partition coefficient (Wildman–Crippen LogP) is 2.64. The second-order valence-corrected chi connectivity index (χ2v) is 7.29. The lowest BCUT2D eigenvalue weighted by molar-refractivity contribution is 0.0331. The van der Waals surface area contributed by atoms with Crippen molar-refractivity contribution in [3.63, 3.8) is 0 Å². The van der Waals surface area contributed by atoms with Gasteiger partial charge in [0, 0.05) is 25.2 Å². The minimum Gasteiger partial charge on any atom is -0.312 e. The van der Waals surface area contributed by atoms with Gasteiger partial charge in [-0.15, -0.1) is 0 Å². The maximum atomic E-state index is 3.77. The van der Waals surface area contributed by atoms with Crippen molar-refractivity contribution in [2.24, 2.45) is 17.8 Å². The van der Waals surface area contributed by atoms with Crippen molar-refractivity contribution < 1.29 is 0 Å². The molecule has 2 saturated heterocycles. The first-order chi connectivity index (χ1) is 8.92. The fourth-order valence-corrected chi connectivity index (χ4v) is 4.87. The Hall–Kier alpha value is -0.0800. The van der Waals surface area contributed by atoms with Gasteiger partial charge < -0.3 is 5.32 Å². The number of fused-ring (bicyclic) bond motifs is 1. The fraction of sp³-hybridized carbons (Fsp3) is 1.00. The molecule has 0 amide bonds. The number of rotatable bonds is 3. The zero-order valence-corrected chi connectivity index (χ0v) is 11.6. The smallest absolute Gasteiger partial charge is 0.0235 e. The van der Waals surface area contributed by atoms with Crippen molar-refractivity contribution in [1.29, 1.82) is 0 Å². The molecule has 2 heterocycles. The normalized spacial score (nSPS) is 38.5. The van der Waals surface area contributed by atoms with Crippen molar-refractivity contribution in [3.05, 3.63) is 0 Å². The van der Waals surface area contributed by atoms with E-state index in [-0.39, 0.29) is 0 Å². The molecule has 0 spiro atoms. The monoisotopic (exact) mass is 248 g/mol. The van der Waals surface area contributed by atoms with E-state index in [0.29, 0.717) is 0 Å². The highest BCUT2D eigenvalue weighted by molar-refractivity contribution is 5.00. The number of hydrogen-bond acceptors (Lipinski definition) is 2. The van der Waals surface area contributed by atoms with Gasteiger partial charge in [0.05, 0.1) is 0 Å². The molecule has 4 aliphatic rings. The Balaban J connectivity index is 1.46. The second kappa shape index (κ2) is 4.79. The standard InChI is InChI=1S/C16H28N2/c1-4-12(5-1)16(13-6-2-7-13)18-10-14-8-3-9-17-15(14)11-18/h12-17H,1-11H2/t14-,15+/m0/s1. The topological polar surface area (TPSA) is 15.3 Å². The highest BCUT2D eigenvalue weighted by atomic mass is 15.2. The van der Waals surface area contributed by atoms with Crippen LogP contribution in [0.3, 0.4) is 0 Å². The van der Waals surface area contributed by atoms with Crippen LogP contribution in [0.4, 0.5) is 0 Å². The van der Waals surface area contributed by atoms with Crippen molar-refractivity contribution in [3.8, 4) is 0 Å². The molecule has 0 bridgehead atoms. The zero-order chi connectivity index (χ0) is 11.9.